The largest absolute Gasteiger partial charge is 0.535 e. The van der Waals surface area contributed by atoms with Crippen molar-refractivity contribution in [3.05, 3.63) is 45.3 Å². The molecule has 6 heteroatoms. The van der Waals surface area contributed by atoms with Crippen LogP contribution in [0.3, 0.4) is 0 Å². The molecule has 1 aliphatic carbocycles. The SMILES string of the molecule is CCOC(=O)On1nc(C)c(Cc2cc(C)c(OC)c3c2CCC3)c1C. The van der Waals surface area contributed by atoms with Gasteiger partial charge in [-0.05, 0) is 69.2 Å². The van der Waals surface area contributed by atoms with E-state index in [0.29, 0.717) is 0 Å². The summed E-state index contributed by atoms with van der Waals surface area (Å²) >= 11 is 0. The number of fused-ring (bicyclic) bond motifs is 1. The second kappa shape index (κ2) is 7.40. The summed E-state index contributed by atoms with van der Waals surface area (Å²) in [5.41, 5.74) is 7.94. The Kier molecular flexibility index (Phi) is 5.20. The maximum Gasteiger partial charge on any atom is 0.535 e. The number of methoxy groups -OCH3 is 1. The Morgan fingerprint density at radius 1 is 1.23 bits per heavy atom. The van der Waals surface area contributed by atoms with Crippen LogP contribution in [0.2, 0.25) is 0 Å². The molecule has 1 aliphatic rings. The van der Waals surface area contributed by atoms with Gasteiger partial charge in [-0.3, -0.25) is 4.84 Å². The molecule has 6 nitrogen and oxygen atoms in total. The fourth-order valence-electron chi connectivity index (χ4n) is 3.84. The molecule has 0 N–H and O–H groups in total. The molecule has 0 bridgehead atoms. The summed E-state index contributed by atoms with van der Waals surface area (Å²) in [6, 6.07) is 2.21. The molecule has 0 aliphatic heterocycles. The highest BCUT2D eigenvalue weighted by Gasteiger charge is 2.23. The van der Waals surface area contributed by atoms with Crippen LogP contribution in [-0.4, -0.2) is 29.8 Å². The van der Waals surface area contributed by atoms with Crippen LogP contribution in [0.1, 0.15) is 52.5 Å². The van der Waals surface area contributed by atoms with E-state index >= 15 is 0 Å². The third-order valence-corrected chi connectivity index (χ3v) is 5.02. The van der Waals surface area contributed by atoms with Crippen LogP contribution in [0.15, 0.2) is 6.07 Å². The zero-order chi connectivity index (χ0) is 18.8. The normalized spacial score (nSPS) is 12.8. The Bertz CT molecular complexity index is 839. The molecule has 0 spiro atoms. The molecule has 1 aromatic heterocycles. The summed E-state index contributed by atoms with van der Waals surface area (Å²) in [7, 11) is 1.74. The van der Waals surface area contributed by atoms with Crippen molar-refractivity contribution in [2.24, 2.45) is 0 Å². The molecule has 0 fully saturated rings. The molecule has 0 unspecified atom stereocenters. The van der Waals surface area contributed by atoms with Gasteiger partial charge in [0, 0.05) is 12.0 Å². The minimum atomic E-state index is -0.745. The van der Waals surface area contributed by atoms with E-state index in [0.717, 1.165) is 53.9 Å². The first-order valence-electron chi connectivity index (χ1n) is 9.04. The van der Waals surface area contributed by atoms with Gasteiger partial charge < -0.3 is 9.47 Å². The average Bonchev–Trinajstić information content (AvgIpc) is 3.16. The highest BCUT2D eigenvalue weighted by molar-refractivity contribution is 5.60. The topological polar surface area (TPSA) is 62.6 Å². The predicted octanol–water partition coefficient (Wildman–Crippen LogP) is 3.48. The quantitative estimate of drug-likeness (QED) is 0.766. The Morgan fingerprint density at radius 3 is 2.65 bits per heavy atom. The molecular weight excluding hydrogens is 332 g/mol. The monoisotopic (exact) mass is 358 g/mol. The third kappa shape index (κ3) is 3.28. The smallest absolute Gasteiger partial charge is 0.496 e. The first kappa shape index (κ1) is 18.3. The second-order valence-electron chi connectivity index (χ2n) is 6.67. The van der Waals surface area contributed by atoms with E-state index in [-0.39, 0.29) is 6.61 Å². The fourth-order valence-corrected chi connectivity index (χ4v) is 3.84. The van der Waals surface area contributed by atoms with Crippen LogP contribution in [0.5, 0.6) is 5.75 Å². The Balaban J connectivity index is 1.93. The number of ether oxygens (including phenoxy) is 2. The van der Waals surface area contributed by atoms with Crippen LogP contribution in [0.25, 0.3) is 0 Å². The zero-order valence-corrected chi connectivity index (χ0v) is 16.1. The second-order valence-corrected chi connectivity index (χ2v) is 6.67. The standard InChI is InChI=1S/C20H26N2O4/c1-6-25-20(23)26-22-14(4)18(13(3)21-22)11-15-10-12(2)19(24-5)17-9-7-8-16(15)17/h10H,6-9,11H2,1-5H3. The van der Waals surface area contributed by atoms with Gasteiger partial charge in [0.1, 0.15) is 5.75 Å². The van der Waals surface area contributed by atoms with Crippen LogP contribution >= 0.6 is 0 Å². The van der Waals surface area contributed by atoms with Crippen LogP contribution < -0.4 is 9.57 Å². The summed E-state index contributed by atoms with van der Waals surface area (Å²) in [6.45, 7) is 7.94. The lowest BCUT2D eigenvalue weighted by Crippen LogP contribution is -2.23. The van der Waals surface area contributed by atoms with E-state index in [1.165, 1.54) is 21.5 Å². The number of aryl methyl sites for hydroxylation is 2. The Hall–Kier alpha value is -2.50. The van der Waals surface area contributed by atoms with Crippen molar-refractivity contribution in [3.63, 3.8) is 0 Å². The summed E-state index contributed by atoms with van der Waals surface area (Å²) < 4.78 is 10.5. The molecule has 0 saturated heterocycles. The maximum atomic E-state index is 11.6. The van der Waals surface area contributed by atoms with E-state index in [4.69, 9.17) is 14.3 Å². The molecule has 26 heavy (non-hydrogen) atoms. The number of nitrogens with zero attached hydrogens (tertiary/aromatic N) is 2. The van der Waals surface area contributed by atoms with Gasteiger partial charge in [-0.2, -0.15) is 0 Å². The summed E-state index contributed by atoms with van der Waals surface area (Å²) in [5, 5.41) is 4.35. The predicted molar refractivity (Wildman–Crippen MR) is 97.9 cm³/mol. The van der Waals surface area contributed by atoms with Gasteiger partial charge >= 0.3 is 6.16 Å². The van der Waals surface area contributed by atoms with Crippen molar-refractivity contribution in [2.45, 2.75) is 53.4 Å². The lowest BCUT2D eigenvalue weighted by Gasteiger charge is -2.15. The number of aromatic nitrogens is 2. The van der Waals surface area contributed by atoms with Gasteiger partial charge in [0.25, 0.3) is 0 Å². The lowest BCUT2D eigenvalue weighted by atomic mass is 9.93. The summed E-state index contributed by atoms with van der Waals surface area (Å²) in [5.74, 6) is 1.02. The Labute approximate surface area is 154 Å². The molecule has 1 aromatic carbocycles. The van der Waals surface area contributed by atoms with Crippen molar-refractivity contribution >= 4 is 6.16 Å². The van der Waals surface area contributed by atoms with E-state index in [1.807, 2.05) is 13.8 Å². The average molecular weight is 358 g/mol. The number of hydrogen-bond donors (Lipinski definition) is 0. The van der Waals surface area contributed by atoms with E-state index in [2.05, 4.69) is 18.1 Å². The van der Waals surface area contributed by atoms with Crippen molar-refractivity contribution in [1.82, 2.24) is 9.94 Å². The molecule has 0 radical (unpaired) electrons. The number of rotatable bonds is 5. The molecule has 140 valence electrons. The van der Waals surface area contributed by atoms with Gasteiger partial charge in [0.2, 0.25) is 0 Å². The van der Waals surface area contributed by atoms with Crippen molar-refractivity contribution in [1.29, 1.82) is 0 Å². The number of carbonyl (C=O) groups excluding carboxylic acids is 1. The Morgan fingerprint density at radius 2 is 1.96 bits per heavy atom. The number of hydrogen-bond acceptors (Lipinski definition) is 5. The van der Waals surface area contributed by atoms with Crippen molar-refractivity contribution in [3.8, 4) is 5.75 Å². The van der Waals surface area contributed by atoms with Gasteiger partial charge in [0.05, 0.1) is 25.1 Å². The molecule has 0 saturated carbocycles. The third-order valence-electron chi connectivity index (χ3n) is 5.02. The first-order valence-corrected chi connectivity index (χ1v) is 9.04. The molecule has 0 atom stereocenters. The zero-order valence-electron chi connectivity index (χ0n) is 16.1. The van der Waals surface area contributed by atoms with Crippen LogP contribution in [0.4, 0.5) is 4.79 Å². The van der Waals surface area contributed by atoms with Crippen molar-refractivity contribution in [2.75, 3.05) is 13.7 Å². The molecular formula is C20H26N2O4. The number of benzene rings is 1. The maximum absolute atomic E-state index is 11.6. The van der Waals surface area contributed by atoms with Crippen molar-refractivity contribution < 1.29 is 19.1 Å². The minimum Gasteiger partial charge on any atom is -0.496 e. The van der Waals surface area contributed by atoms with Gasteiger partial charge in [-0.15, -0.1) is 5.10 Å². The lowest BCUT2D eigenvalue weighted by molar-refractivity contribution is 0.0383. The highest BCUT2D eigenvalue weighted by Crippen LogP contribution is 2.37. The van der Waals surface area contributed by atoms with E-state index < -0.39 is 6.16 Å². The van der Waals surface area contributed by atoms with E-state index in [9.17, 15) is 4.79 Å². The fraction of sp³-hybridized carbons (Fsp3) is 0.500. The first-order chi connectivity index (χ1) is 12.5. The van der Waals surface area contributed by atoms with Gasteiger partial charge in [-0.1, -0.05) is 10.9 Å². The van der Waals surface area contributed by atoms with Gasteiger partial charge in [0.15, 0.2) is 0 Å². The number of carbonyl (C=O) groups is 1. The van der Waals surface area contributed by atoms with Crippen LogP contribution in [-0.2, 0) is 24.0 Å². The molecule has 2 aromatic rings. The minimum absolute atomic E-state index is 0.266. The van der Waals surface area contributed by atoms with Gasteiger partial charge in [-0.25, -0.2) is 4.79 Å². The summed E-state index contributed by atoms with van der Waals surface area (Å²) in [6.07, 6.45) is 3.32. The molecule has 0 amide bonds. The molecule has 3 rings (SSSR count). The molecule has 1 heterocycles. The van der Waals surface area contributed by atoms with E-state index in [1.54, 1.807) is 14.0 Å². The highest BCUT2D eigenvalue weighted by atomic mass is 16.8. The summed E-state index contributed by atoms with van der Waals surface area (Å²) in [4.78, 5) is 18.0. The van der Waals surface area contributed by atoms with Crippen LogP contribution in [0, 0.1) is 20.8 Å².